The third-order valence-electron chi connectivity index (χ3n) is 4.60. The lowest BCUT2D eigenvalue weighted by molar-refractivity contribution is -0.386. The van der Waals surface area contributed by atoms with Crippen molar-refractivity contribution in [3.05, 3.63) is 63.7 Å². The van der Waals surface area contributed by atoms with Crippen LogP contribution >= 0.6 is 0 Å². The number of hydrazone groups is 1. The third-order valence-corrected chi connectivity index (χ3v) is 4.60. The SMILES string of the molecule is COc1c(O)ccc(/C=N/NC(=O)[C@H]2C(=O)NC[C@H]2c2ccccc2)c1[N+](=O)[O-]. The molecule has 2 aromatic rings. The first-order chi connectivity index (χ1) is 13.9. The van der Waals surface area contributed by atoms with Crippen LogP contribution in [0.5, 0.6) is 11.5 Å². The minimum atomic E-state index is -0.973. The average molecular weight is 398 g/mol. The number of nitro groups is 1. The van der Waals surface area contributed by atoms with Gasteiger partial charge in [-0.25, -0.2) is 5.43 Å². The molecule has 1 saturated heterocycles. The Hall–Kier alpha value is -3.95. The van der Waals surface area contributed by atoms with Crippen molar-refractivity contribution in [1.29, 1.82) is 0 Å². The van der Waals surface area contributed by atoms with Crippen LogP contribution in [-0.4, -0.2) is 41.7 Å². The van der Waals surface area contributed by atoms with Crippen molar-refractivity contribution in [2.75, 3.05) is 13.7 Å². The highest BCUT2D eigenvalue weighted by atomic mass is 16.6. The van der Waals surface area contributed by atoms with E-state index in [-0.39, 0.29) is 17.2 Å². The second kappa shape index (κ2) is 8.38. The van der Waals surface area contributed by atoms with Crippen LogP contribution in [0.4, 0.5) is 5.69 Å². The Balaban J connectivity index is 1.79. The van der Waals surface area contributed by atoms with Crippen molar-refractivity contribution in [3.8, 4) is 11.5 Å². The van der Waals surface area contributed by atoms with E-state index >= 15 is 0 Å². The summed E-state index contributed by atoms with van der Waals surface area (Å²) in [5.41, 5.74) is 2.63. The first-order valence-electron chi connectivity index (χ1n) is 8.64. The van der Waals surface area contributed by atoms with Crippen LogP contribution in [0.3, 0.4) is 0 Å². The smallest absolute Gasteiger partial charge is 0.323 e. The highest BCUT2D eigenvalue weighted by molar-refractivity contribution is 6.03. The van der Waals surface area contributed by atoms with E-state index in [0.29, 0.717) is 6.54 Å². The molecule has 0 unspecified atom stereocenters. The van der Waals surface area contributed by atoms with Gasteiger partial charge >= 0.3 is 5.69 Å². The summed E-state index contributed by atoms with van der Waals surface area (Å²) in [6.45, 7) is 0.325. The number of hydrogen-bond donors (Lipinski definition) is 3. The highest BCUT2D eigenvalue weighted by Gasteiger charge is 2.41. The number of amides is 2. The number of nitro benzene ring substituents is 1. The third kappa shape index (κ3) is 4.00. The molecule has 0 aliphatic carbocycles. The van der Waals surface area contributed by atoms with Gasteiger partial charge in [-0.2, -0.15) is 5.10 Å². The quantitative estimate of drug-likeness (QED) is 0.290. The maximum atomic E-state index is 12.5. The first-order valence-corrected chi connectivity index (χ1v) is 8.64. The number of phenols is 1. The van der Waals surface area contributed by atoms with Gasteiger partial charge in [-0.05, 0) is 17.7 Å². The molecule has 10 heteroatoms. The van der Waals surface area contributed by atoms with E-state index < -0.39 is 34.1 Å². The number of carbonyl (C=O) groups is 2. The number of nitrogens with zero attached hydrogens (tertiary/aromatic N) is 2. The average Bonchev–Trinajstić information content (AvgIpc) is 3.10. The molecule has 2 amide bonds. The molecule has 1 heterocycles. The molecule has 3 N–H and O–H groups in total. The van der Waals surface area contributed by atoms with Crippen molar-refractivity contribution in [2.24, 2.45) is 11.0 Å². The van der Waals surface area contributed by atoms with Crippen LogP contribution in [0, 0.1) is 16.0 Å². The van der Waals surface area contributed by atoms with Gasteiger partial charge in [0.25, 0.3) is 5.91 Å². The Labute approximate surface area is 165 Å². The van der Waals surface area contributed by atoms with Crippen LogP contribution in [0.25, 0.3) is 0 Å². The molecular weight excluding hydrogens is 380 g/mol. The predicted molar refractivity (Wildman–Crippen MR) is 103 cm³/mol. The lowest BCUT2D eigenvalue weighted by Gasteiger charge is -2.15. The summed E-state index contributed by atoms with van der Waals surface area (Å²) in [6, 6.07) is 11.6. The highest BCUT2D eigenvalue weighted by Crippen LogP contribution is 2.38. The summed E-state index contributed by atoms with van der Waals surface area (Å²) in [5.74, 6) is -3.07. The molecular formula is C19H18N4O6. The van der Waals surface area contributed by atoms with Crippen molar-refractivity contribution in [3.63, 3.8) is 0 Å². The maximum absolute atomic E-state index is 12.5. The molecule has 29 heavy (non-hydrogen) atoms. The molecule has 0 spiro atoms. The van der Waals surface area contributed by atoms with Crippen molar-refractivity contribution in [2.45, 2.75) is 5.92 Å². The lowest BCUT2D eigenvalue weighted by Crippen LogP contribution is -2.34. The summed E-state index contributed by atoms with van der Waals surface area (Å²) in [4.78, 5) is 35.3. The van der Waals surface area contributed by atoms with Gasteiger partial charge in [0.1, 0.15) is 5.92 Å². The van der Waals surface area contributed by atoms with Crippen LogP contribution in [0.15, 0.2) is 47.6 Å². The Morgan fingerprint density at radius 3 is 2.72 bits per heavy atom. The topological polar surface area (TPSA) is 143 Å². The molecule has 0 bridgehead atoms. The second-order valence-electron chi connectivity index (χ2n) is 6.29. The van der Waals surface area contributed by atoms with Gasteiger partial charge in [0.15, 0.2) is 5.75 Å². The predicted octanol–water partition coefficient (Wildman–Crippen LogP) is 1.29. The van der Waals surface area contributed by atoms with Crippen molar-refractivity contribution in [1.82, 2.24) is 10.7 Å². The molecule has 0 radical (unpaired) electrons. The molecule has 2 atom stereocenters. The Bertz CT molecular complexity index is 976. The standard InChI is InChI=1S/C19H18N4O6/c1-29-17-14(24)8-7-12(16(17)23(27)28)9-21-22-19(26)15-13(10-20-18(15)25)11-5-3-2-4-6-11/h2-9,13,15,24H,10H2,1H3,(H,20,25)(H,22,26)/b21-9+/t13-,15+/m0/s1. The summed E-state index contributed by atoms with van der Waals surface area (Å²) < 4.78 is 4.87. The molecule has 0 saturated carbocycles. The van der Waals surface area contributed by atoms with Crippen molar-refractivity contribution >= 4 is 23.7 Å². The van der Waals surface area contributed by atoms with Gasteiger partial charge in [0, 0.05) is 12.5 Å². The summed E-state index contributed by atoms with van der Waals surface area (Å²) in [6.07, 6.45) is 1.06. The number of methoxy groups -OCH3 is 1. The van der Waals surface area contributed by atoms with E-state index in [1.54, 1.807) is 0 Å². The van der Waals surface area contributed by atoms with Gasteiger partial charge < -0.3 is 15.2 Å². The van der Waals surface area contributed by atoms with Crippen LogP contribution in [0.1, 0.15) is 17.0 Å². The van der Waals surface area contributed by atoms with Crippen LogP contribution < -0.4 is 15.5 Å². The molecule has 1 aliphatic heterocycles. The molecule has 0 aromatic heterocycles. The zero-order chi connectivity index (χ0) is 21.0. The zero-order valence-corrected chi connectivity index (χ0v) is 15.4. The van der Waals surface area contributed by atoms with E-state index in [2.05, 4.69) is 15.8 Å². The summed E-state index contributed by atoms with van der Waals surface area (Å²) >= 11 is 0. The fourth-order valence-corrected chi connectivity index (χ4v) is 3.24. The first kappa shape index (κ1) is 19.8. The minimum Gasteiger partial charge on any atom is -0.504 e. The molecule has 2 aromatic carbocycles. The van der Waals surface area contributed by atoms with E-state index in [1.807, 2.05) is 30.3 Å². The fraction of sp³-hybridized carbons (Fsp3) is 0.211. The van der Waals surface area contributed by atoms with E-state index in [9.17, 15) is 24.8 Å². The zero-order valence-electron chi connectivity index (χ0n) is 15.4. The number of nitrogens with one attached hydrogen (secondary N) is 2. The van der Waals surface area contributed by atoms with Gasteiger partial charge in [-0.15, -0.1) is 0 Å². The molecule has 1 aliphatic rings. The largest absolute Gasteiger partial charge is 0.504 e. The number of carbonyl (C=O) groups excluding carboxylic acids is 2. The molecule has 150 valence electrons. The van der Waals surface area contributed by atoms with Crippen molar-refractivity contribution < 1.29 is 24.4 Å². The molecule has 10 nitrogen and oxygen atoms in total. The molecule has 1 fully saturated rings. The van der Waals surface area contributed by atoms with E-state index in [1.165, 1.54) is 19.2 Å². The van der Waals surface area contributed by atoms with Crippen LogP contribution in [-0.2, 0) is 9.59 Å². The number of benzene rings is 2. The Kier molecular flexibility index (Phi) is 5.72. The number of phenolic OH excluding ortho intramolecular Hbond substituents is 1. The van der Waals surface area contributed by atoms with Gasteiger partial charge in [0.2, 0.25) is 11.7 Å². The normalized spacial score (nSPS) is 18.4. The maximum Gasteiger partial charge on any atom is 0.323 e. The fourth-order valence-electron chi connectivity index (χ4n) is 3.24. The Morgan fingerprint density at radius 1 is 1.34 bits per heavy atom. The minimum absolute atomic E-state index is 0.0143. The van der Waals surface area contributed by atoms with Crippen LogP contribution in [0.2, 0.25) is 0 Å². The van der Waals surface area contributed by atoms with E-state index in [4.69, 9.17) is 4.74 Å². The van der Waals surface area contributed by atoms with Gasteiger partial charge in [0.05, 0.1) is 23.8 Å². The number of aromatic hydroxyl groups is 1. The van der Waals surface area contributed by atoms with Gasteiger partial charge in [-0.1, -0.05) is 30.3 Å². The summed E-state index contributed by atoms with van der Waals surface area (Å²) in [5, 5.41) is 27.4. The monoisotopic (exact) mass is 398 g/mol. The van der Waals surface area contributed by atoms with Gasteiger partial charge in [-0.3, -0.25) is 19.7 Å². The molecule has 3 rings (SSSR count). The lowest BCUT2D eigenvalue weighted by atomic mass is 9.88. The van der Waals surface area contributed by atoms with E-state index in [0.717, 1.165) is 11.8 Å². The number of hydrogen-bond acceptors (Lipinski definition) is 7. The Morgan fingerprint density at radius 2 is 2.07 bits per heavy atom. The number of ether oxygens (including phenoxy) is 1. The second-order valence-corrected chi connectivity index (χ2v) is 6.29. The summed E-state index contributed by atoms with van der Waals surface area (Å²) in [7, 11) is 1.19. The number of rotatable bonds is 6.